The van der Waals surface area contributed by atoms with Gasteiger partial charge >= 0.3 is 23.8 Å². The number of nitrogens with one attached hydrogen (secondary N) is 2. The summed E-state index contributed by atoms with van der Waals surface area (Å²) >= 11 is 1.29. The molecule has 1 aliphatic carbocycles. The summed E-state index contributed by atoms with van der Waals surface area (Å²) in [5.41, 5.74) is 5.20. The maximum Gasteiger partial charge on any atom is 0.343 e. The minimum atomic E-state index is -1.02. The van der Waals surface area contributed by atoms with Gasteiger partial charge in [0.15, 0.2) is 0 Å². The second kappa shape index (κ2) is 13.0. The van der Waals surface area contributed by atoms with E-state index in [1.165, 1.54) is 17.6 Å². The molecule has 1 aromatic heterocycles. The molecule has 0 fully saturated rings. The third-order valence-electron chi connectivity index (χ3n) is 7.17. The molecule has 9 nitrogen and oxygen atoms in total. The van der Waals surface area contributed by atoms with Gasteiger partial charge in [0.05, 0.1) is 23.9 Å². The first-order chi connectivity index (χ1) is 20.7. The highest BCUT2D eigenvalue weighted by molar-refractivity contribution is 7.17. The predicted octanol–water partition coefficient (Wildman–Crippen LogP) is 5.82. The Bertz CT molecular complexity index is 1760. The molecule has 0 aliphatic heterocycles. The number of thiophene rings is 1. The van der Waals surface area contributed by atoms with Crippen LogP contribution >= 0.6 is 11.3 Å². The number of esters is 2. The van der Waals surface area contributed by atoms with Crippen LogP contribution in [0.25, 0.3) is 10.8 Å². The topological polar surface area (TPSA) is 123 Å². The van der Waals surface area contributed by atoms with Crippen LogP contribution in [0.3, 0.4) is 0 Å². The molecule has 2 amide bonds. The Kier molecular flexibility index (Phi) is 8.96. The van der Waals surface area contributed by atoms with Crippen LogP contribution in [0.1, 0.15) is 62.6 Å². The molecule has 2 N–H and O–H groups in total. The summed E-state index contributed by atoms with van der Waals surface area (Å²) in [6, 6.07) is 18.0. The number of benzene rings is 3. The molecule has 10 heteroatoms. The van der Waals surface area contributed by atoms with E-state index in [1.807, 2.05) is 43.3 Å². The normalized spacial score (nSPS) is 14.3. The number of anilines is 1. The lowest BCUT2D eigenvalue weighted by molar-refractivity contribution is -0.136. The number of ether oxygens (including phenoxy) is 2. The third-order valence-corrected chi connectivity index (χ3v) is 8.34. The second-order valence-corrected chi connectivity index (χ2v) is 11.5. The maximum absolute atomic E-state index is 12.9. The smallest absolute Gasteiger partial charge is 0.343 e. The van der Waals surface area contributed by atoms with Gasteiger partial charge in [0.25, 0.3) is 0 Å². The molecule has 4 aromatic rings. The number of rotatable bonds is 7. The summed E-state index contributed by atoms with van der Waals surface area (Å²) in [4.78, 5) is 52.3. The molecule has 1 aliphatic rings. The lowest BCUT2D eigenvalue weighted by atomic mass is 9.88. The Morgan fingerprint density at radius 1 is 1.02 bits per heavy atom. The molecule has 0 saturated carbocycles. The number of hydrazone groups is 1. The minimum Gasteiger partial charge on any atom is -0.462 e. The maximum atomic E-state index is 12.9. The largest absolute Gasteiger partial charge is 0.462 e. The van der Waals surface area contributed by atoms with Crippen molar-refractivity contribution in [3.8, 4) is 5.75 Å². The summed E-state index contributed by atoms with van der Waals surface area (Å²) < 4.78 is 11.0. The van der Waals surface area contributed by atoms with E-state index in [-0.39, 0.29) is 12.4 Å². The number of nitrogens with zero attached hydrogens (tertiary/aromatic N) is 1. The molecule has 3 aromatic carbocycles. The quantitative estimate of drug-likeness (QED) is 0.0910. The van der Waals surface area contributed by atoms with Crippen molar-refractivity contribution in [2.45, 2.75) is 40.0 Å². The molecule has 43 heavy (non-hydrogen) atoms. The monoisotopic (exact) mass is 597 g/mol. The fourth-order valence-electron chi connectivity index (χ4n) is 5.05. The van der Waals surface area contributed by atoms with Crippen molar-refractivity contribution in [1.29, 1.82) is 0 Å². The molecule has 0 saturated heterocycles. The minimum absolute atomic E-state index is 0.193. The highest BCUT2D eigenvalue weighted by Crippen LogP contribution is 2.40. The lowest BCUT2D eigenvalue weighted by Gasteiger charge is -2.18. The van der Waals surface area contributed by atoms with E-state index in [0.29, 0.717) is 34.0 Å². The molecule has 0 radical (unpaired) electrons. The van der Waals surface area contributed by atoms with Crippen LogP contribution in [-0.2, 0) is 27.2 Å². The van der Waals surface area contributed by atoms with E-state index >= 15 is 0 Å². The van der Waals surface area contributed by atoms with Gasteiger partial charge in [-0.05, 0) is 73.6 Å². The number of hydrogen-bond donors (Lipinski definition) is 2. The molecular weight excluding hydrogens is 566 g/mol. The van der Waals surface area contributed by atoms with Crippen molar-refractivity contribution in [1.82, 2.24) is 5.43 Å². The zero-order valence-corrected chi connectivity index (χ0v) is 24.9. The van der Waals surface area contributed by atoms with Gasteiger partial charge in [0.2, 0.25) is 0 Å². The molecule has 0 bridgehead atoms. The van der Waals surface area contributed by atoms with Crippen molar-refractivity contribution in [3.05, 3.63) is 93.4 Å². The van der Waals surface area contributed by atoms with E-state index in [4.69, 9.17) is 9.47 Å². The first-order valence-electron chi connectivity index (χ1n) is 14.0. The van der Waals surface area contributed by atoms with Crippen LogP contribution < -0.4 is 15.5 Å². The van der Waals surface area contributed by atoms with Gasteiger partial charge in [-0.15, -0.1) is 11.3 Å². The molecular formula is C33H31N3O6S. The zero-order valence-electron chi connectivity index (χ0n) is 24.1. The summed E-state index contributed by atoms with van der Waals surface area (Å²) in [5.74, 6) is -2.36. The molecule has 0 spiro atoms. The fourth-order valence-corrected chi connectivity index (χ4v) is 6.45. The number of aryl methyl sites for hydroxylation is 1. The summed E-state index contributed by atoms with van der Waals surface area (Å²) in [7, 11) is 0. The number of amides is 2. The Hall–Kier alpha value is -4.83. The molecule has 1 unspecified atom stereocenters. The Balaban J connectivity index is 1.35. The van der Waals surface area contributed by atoms with E-state index in [0.717, 1.165) is 39.6 Å². The van der Waals surface area contributed by atoms with Crippen LogP contribution in [0.2, 0.25) is 0 Å². The molecule has 5 rings (SSSR count). The molecule has 1 atom stereocenters. The fraction of sp³-hybridized carbons (Fsp3) is 0.242. The summed E-state index contributed by atoms with van der Waals surface area (Å²) in [5, 5.41) is 8.48. The second-order valence-electron chi connectivity index (χ2n) is 10.4. The van der Waals surface area contributed by atoms with Gasteiger partial charge in [-0.2, -0.15) is 5.10 Å². The van der Waals surface area contributed by atoms with Gasteiger partial charge in [-0.25, -0.2) is 15.0 Å². The van der Waals surface area contributed by atoms with Gasteiger partial charge in [0.1, 0.15) is 10.8 Å². The van der Waals surface area contributed by atoms with Crippen LogP contribution in [0, 0.1) is 12.8 Å². The van der Waals surface area contributed by atoms with Crippen LogP contribution in [0.4, 0.5) is 5.00 Å². The van der Waals surface area contributed by atoms with Gasteiger partial charge in [-0.1, -0.05) is 55.0 Å². The van der Waals surface area contributed by atoms with Crippen molar-refractivity contribution >= 4 is 57.1 Å². The third kappa shape index (κ3) is 6.65. The number of carbonyl (C=O) groups is 4. The van der Waals surface area contributed by atoms with E-state index in [1.54, 1.807) is 31.2 Å². The number of carbonyl (C=O) groups excluding carboxylic acids is 4. The van der Waals surface area contributed by atoms with Crippen molar-refractivity contribution in [2.75, 3.05) is 11.9 Å². The average molecular weight is 598 g/mol. The molecule has 220 valence electrons. The number of fused-ring (bicyclic) bond motifs is 2. The predicted molar refractivity (Wildman–Crippen MR) is 166 cm³/mol. The average Bonchev–Trinajstić information content (AvgIpc) is 3.34. The van der Waals surface area contributed by atoms with Crippen molar-refractivity contribution < 1.29 is 28.7 Å². The summed E-state index contributed by atoms with van der Waals surface area (Å²) in [6.45, 7) is 5.93. The van der Waals surface area contributed by atoms with Gasteiger partial charge in [-0.3, -0.25) is 9.59 Å². The van der Waals surface area contributed by atoms with Crippen LogP contribution in [-0.4, -0.2) is 36.6 Å². The number of hydrogen-bond acceptors (Lipinski definition) is 8. The highest BCUT2D eigenvalue weighted by Gasteiger charge is 2.30. The zero-order chi connectivity index (χ0) is 30.5. The first-order valence-corrected chi connectivity index (χ1v) is 14.8. The van der Waals surface area contributed by atoms with Gasteiger partial charge in [0, 0.05) is 10.4 Å². The van der Waals surface area contributed by atoms with Crippen molar-refractivity contribution in [2.24, 2.45) is 11.0 Å². The van der Waals surface area contributed by atoms with E-state index < -0.39 is 23.8 Å². The van der Waals surface area contributed by atoms with Crippen LogP contribution in [0.15, 0.2) is 65.8 Å². The molecule has 1 heterocycles. The first kappa shape index (κ1) is 29.7. The standard InChI is InChI=1S/C33H31N3O6S/c1-4-41-33(40)28-24-14-12-20(3)17-27(24)43-31(28)35-29(37)30(38)36-34-18-25-23-11-6-5-9-21(23)13-15-26(25)42-32(39)22-10-7-8-19(2)16-22/h5-11,13,15-16,18,20H,4,12,14,17H2,1-3H3,(H,35,37)(H,36,38)/b34-18+. The Morgan fingerprint density at radius 2 is 1.84 bits per heavy atom. The SMILES string of the molecule is CCOC(=O)c1c(NC(=O)C(=O)N/N=C/c2c(OC(=O)c3cccc(C)c3)ccc3ccccc23)sc2c1CCC(C)C2. The van der Waals surface area contributed by atoms with Crippen LogP contribution in [0.5, 0.6) is 5.75 Å². The summed E-state index contributed by atoms with van der Waals surface area (Å²) in [6.07, 6.45) is 3.76. The highest BCUT2D eigenvalue weighted by atomic mass is 32.1. The Morgan fingerprint density at radius 3 is 2.63 bits per heavy atom. The lowest BCUT2D eigenvalue weighted by Crippen LogP contribution is -2.32. The van der Waals surface area contributed by atoms with Gasteiger partial charge < -0.3 is 14.8 Å². The van der Waals surface area contributed by atoms with E-state index in [9.17, 15) is 19.2 Å². The Labute approximate surface area is 252 Å². The van der Waals surface area contributed by atoms with E-state index in [2.05, 4.69) is 22.8 Å². The van der Waals surface area contributed by atoms with Crippen molar-refractivity contribution in [3.63, 3.8) is 0 Å².